The number of thiazole rings is 1. The molecule has 0 bridgehead atoms. The normalized spacial score (nSPS) is 10.7. The molecule has 0 unspecified atom stereocenters. The molecule has 1 N–H and O–H groups in total. The average molecular weight is 497 g/mol. The molecule has 0 fully saturated rings. The van der Waals surface area contributed by atoms with E-state index in [0.717, 1.165) is 38.0 Å². The van der Waals surface area contributed by atoms with Gasteiger partial charge in [-0.05, 0) is 67.1 Å². The Labute approximate surface area is 205 Å². The number of methoxy groups -OCH3 is 1. The van der Waals surface area contributed by atoms with Crippen LogP contribution in [0.2, 0.25) is 5.15 Å². The minimum Gasteiger partial charge on any atom is -0.497 e. The van der Waals surface area contributed by atoms with Crippen LogP contribution in [-0.2, 0) is 11.4 Å². The summed E-state index contributed by atoms with van der Waals surface area (Å²) in [6.07, 6.45) is 1.73. The zero-order chi connectivity index (χ0) is 24.1. The van der Waals surface area contributed by atoms with Gasteiger partial charge in [0.15, 0.2) is 6.61 Å². The van der Waals surface area contributed by atoms with Gasteiger partial charge in [0.1, 0.15) is 34.0 Å². The van der Waals surface area contributed by atoms with Crippen molar-refractivity contribution in [2.45, 2.75) is 13.5 Å². The number of hydrogen-bond acceptors (Lipinski definition) is 7. The summed E-state index contributed by atoms with van der Waals surface area (Å²) in [7, 11) is 1.63. The fraction of sp³-hybridized carbons (Fsp3) is 0.160. The molecule has 0 aliphatic carbocycles. The van der Waals surface area contributed by atoms with Gasteiger partial charge in [-0.25, -0.2) is 14.8 Å². The van der Waals surface area contributed by atoms with Crippen LogP contribution in [0.15, 0.2) is 60.8 Å². The van der Waals surface area contributed by atoms with Crippen molar-refractivity contribution >= 4 is 28.9 Å². The number of aliphatic carboxylic acids is 1. The lowest BCUT2D eigenvalue weighted by molar-refractivity contribution is -0.139. The number of ether oxygens (including phenoxy) is 3. The van der Waals surface area contributed by atoms with Crippen LogP contribution in [0.4, 0.5) is 0 Å². The van der Waals surface area contributed by atoms with E-state index in [9.17, 15) is 4.79 Å². The molecule has 0 aliphatic rings. The lowest BCUT2D eigenvalue weighted by Gasteiger charge is -2.09. The summed E-state index contributed by atoms with van der Waals surface area (Å²) in [6, 6.07) is 16.6. The van der Waals surface area contributed by atoms with E-state index in [4.69, 9.17) is 35.9 Å². The van der Waals surface area contributed by atoms with E-state index in [-0.39, 0.29) is 6.61 Å². The van der Waals surface area contributed by atoms with Gasteiger partial charge in [-0.3, -0.25) is 0 Å². The van der Waals surface area contributed by atoms with E-state index < -0.39 is 12.6 Å². The highest BCUT2D eigenvalue weighted by molar-refractivity contribution is 7.15. The second-order valence-corrected chi connectivity index (χ2v) is 8.75. The molecular weight excluding hydrogens is 476 g/mol. The van der Waals surface area contributed by atoms with Crippen molar-refractivity contribution in [3.63, 3.8) is 0 Å². The van der Waals surface area contributed by atoms with E-state index in [0.29, 0.717) is 16.7 Å². The number of aryl methyl sites for hydroxylation is 1. The van der Waals surface area contributed by atoms with Gasteiger partial charge in [-0.2, -0.15) is 0 Å². The molecule has 0 saturated carbocycles. The van der Waals surface area contributed by atoms with Crippen LogP contribution in [0.5, 0.6) is 17.2 Å². The summed E-state index contributed by atoms with van der Waals surface area (Å²) in [4.78, 5) is 20.7. The molecule has 0 saturated heterocycles. The Hall–Kier alpha value is -3.62. The molecule has 34 heavy (non-hydrogen) atoms. The Kier molecular flexibility index (Phi) is 7.30. The van der Waals surface area contributed by atoms with Crippen molar-refractivity contribution in [1.82, 2.24) is 9.97 Å². The second-order valence-electron chi connectivity index (χ2n) is 7.28. The molecule has 4 rings (SSSR count). The number of carboxylic acids is 1. The van der Waals surface area contributed by atoms with Crippen molar-refractivity contribution < 1.29 is 24.1 Å². The Morgan fingerprint density at radius 3 is 2.41 bits per heavy atom. The van der Waals surface area contributed by atoms with Crippen LogP contribution < -0.4 is 14.2 Å². The number of halogens is 1. The third kappa shape index (κ3) is 5.65. The average Bonchev–Trinajstić information content (AvgIpc) is 3.27. The number of aromatic nitrogens is 2. The van der Waals surface area contributed by atoms with Crippen LogP contribution in [0.1, 0.15) is 10.6 Å². The molecule has 7 nitrogen and oxygen atoms in total. The maximum absolute atomic E-state index is 10.7. The van der Waals surface area contributed by atoms with Gasteiger partial charge in [0.25, 0.3) is 0 Å². The summed E-state index contributed by atoms with van der Waals surface area (Å²) < 4.78 is 16.5. The number of hydrogen-bond donors (Lipinski definition) is 1. The molecule has 0 radical (unpaired) electrons. The lowest BCUT2D eigenvalue weighted by atomic mass is 10.1. The first kappa shape index (κ1) is 23.5. The number of pyridine rings is 1. The quantitative estimate of drug-likeness (QED) is 0.289. The molecule has 2 aromatic carbocycles. The third-order valence-corrected chi connectivity index (χ3v) is 6.19. The van der Waals surface area contributed by atoms with Gasteiger partial charge in [-0.15, -0.1) is 11.3 Å². The fourth-order valence-electron chi connectivity index (χ4n) is 3.23. The van der Waals surface area contributed by atoms with Crippen LogP contribution >= 0.6 is 22.9 Å². The van der Waals surface area contributed by atoms with Gasteiger partial charge in [0.2, 0.25) is 0 Å². The van der Waals surface area contributed by atoms with E-state index in [1.54, 1.807) is 37.6 Å². The van der Waals surface area contributed by atoms with E-state index in [2.05, 4.69) is 4.98 Å². The predicted molar refractivity (Wildman–Crippen MR) is 131 cm³/mol. The molecule has 174 valence electrons. The van der Waals surface area contributed by atoms with Gasteiger partial charge in [0, 0.05) is 17.3 Å². The van der Waals surface area contributed by atoms with Crippen LogP contribution in [0.25, 0.3) is 21.7 Å². The summed E-state index contributed by atoms with van der Waals surface area (Å²) in [5, 5.41) is 10.0. The largest absolute Gasteiger partial charge is 0.497 e. The van der Waals surface area contributed by atoms with Crippen molar-refractivity contribution in [3.8, 4) is 38.9 Å². The monoisotopic (exact) mass is 496 g/mol. The maximum Gasteiger partial charge on any atom is 0.341 e. The number of carboxylic acid groups (broad SMARTS) is 1. The van der Waals surface area contributed by atoms with Crippen molar-refractivity contribution in [1.29, 1.82) is 0 Å². The van der Waals surface area contributed by atoms with E-state index >= 15 is 0 Å². The first-order valence-electron chi connectivity index (χ1n) is 10.3. The molecule has 0 aliphatic heterocycles. The zero-order valence-corrected chi connectivity index (χ0v) is 20.0. The Balaban J connectivity index is 1.58. The third-order valence-electron chi connectivity index (χ3n) is 4.88. The minimum absolute atomic E-state index is 0.267. The highest BCUT2D eigenvalue weighted by atomic mass is 35.5. The number of carbonyl (C=O) groups is 1. The Bertz CT molecular complexity index is 1290. The van der Waals surface area contributed by atoms with Crippen LogP contribution in [0.3, 0.4) is 0 Å². The molecule has 2 heterocycles. The molecule has 0 amide bonds. The Morgan fingerprint density at radius 1 is 1.03 bits per heavy atom. The molecule has 0 atom stereocenters. The van der Waals surface area contributed by atoms with Crippen molar-refractivity contribution in [2.24, 2.45) is 0 Å². The smallest absolute Gasteiger partial charge is 0.341 e. The number of nitrogens with zero attached hydrogens (tertiary/aromatic N) is 2. The standard InChI is InChI=1S/C25H21ClN2O5S/c1-15-11-19(8-9-20(15)33-14-23(29)30)32-13-22-28-24(16-3-6-18(31-2)7-4-16)25(34-22)17-5-10-21(26)27-12-17/h3-12H,13-14H2,1-2H3,(H,29,30). The summed E-state index contributed by atoms with van der Waals surface area (Å²) >= 11 is 7.50. The van der Waals surface area contributed by atoms with E-state index in [1.807, 2.05) is 37.3 Å². The summed E-state index contributed by atoms with van der Waals surface area (Å²) in [5.74, 6) is 0.880. The molecule has 0 spiro atoms. The fourth-order valence-corrected chi connectivity index (χ4v) is 4.34. The van der Waals surface area contributed by atoms with Gasteiger partial charge in [0.05, 0.1) is 17.7 Å². The second kappa shape index (κ2) is 10.5. The summed E-state index contributed by atoms with van der Waals surface area (Å²) in [5.41, 5.74) is 3.47. The van der Waals surface area contributed by atoms with E-state index in [1.165, 1.54) is 11.3 Å². The highest BCUT2D eigenvalue weighted by Gasteiger charge is 2.16. The topological polar surface area (TPSA) is 90.8 Å². The highest BCUT2D eigenvalue weighted by Crippen LogP contribution is 2.38. The molecular formula is C25H21ClN2O5S. The molecule has 2 aromatic heterocycles. The zero-order valence-electron chi connectivity index (χ0n) is 18.4. The molecule has 4 aromatic rings. The van der Waals surface area contributed by atoms with Gasteiger partial charge in [-0.1, -0.05) is 11.6 Å². The first-order chi connectivity index (χ1) is 16.4. The van der Waals surface area contributed by atoms with Gasteiger partial charge >= 0.3 is 5.97 Å². The molecule has 9 heteroatoms. The van der Waals surface area contributed by atoms with Gasteiger partial charge < -0.3 is 19.3 Å². The number of benzene rings is 2. The lowest BCUT2D eigenvalue weighted by Crippen LogP contribution is -2.10. The van der Waals surface area contributed by atoms with Crippen molar-refractivity contribution in [3.05, 3.63) is 76.5 Å². The van der Waals surface area contributed by atoms with Crippen LogP contribution in [-0.4, -0.2) is 34.8 Å². The summed E-state index contributed by atoms with van der Waals surface area (Å²) in [6.45, 7) is 1.71. The minimum atomic E-state index is -1.03. The maximum atomic E-state index is 10.7. The number of rotatable bonds is 9. The SMILES string of the molecule is COc1ccc(-c2nc(COc3ccc(OCC(=O)O)c(C)c3)sc2-c2ccc(Cl)nc2)cc1. The van der Waals surface area contributed by atoms with Crippen LogP contribution in [0, 0.1) is 6.92 Å². The predicted octanol–water partition coefficient (Wildman–Crippen LogP) is 5.88. The Morgan fingerprint density at radius 2 is 1.76 bits per heavy atom. The van der Waals surface area contributed by atoms with Crippen molar-refractivity contribution in [2.75, 3.05) is 13.7 Å². The first-order valence-corrected chi connectivity index (χ1v) is 11.5.